The van der Waals surface area contributed by atoms with E-state index < -0.39 is 5.92 Å². The molecule has 35 heavy (non-hydrogen) atoms. The summed E-state index contributed by atoms with van der Waals surface area (Å²) in [5.74, 6) is -2.77. The van der Waals surface area contributed by atoms with Gasteiger partial charge in [-0.2, -0.15) is 4.98 Å². The van der Waals surface area contributed by atoms with E-state index >= 15 is 0 Å². The maximum Gasteiger partial charge on any atom is 0.319 e. The molecule has 0 amide bonds. The highest BCUT2D eigenvalue weighted by molar-refractivity contribution is 5.69. The van der Waals surface area contributed by atoms with Gasteiger partial charge in [-0.3, -0.25) is 0 Å². The van der Waals surface area contributed by atoms with Gasteiger partial charge in [-0.05, 0) is 60.8 Å². The fourth-order valence-electron chi connectivity index (χ4n) is 4.56. The van der Waals surface area contributed by atoms with Gasteiger partial charge < -0.3 is 19.5 Å². The van der Waals surface area contributed by atoms with Crippen molar-refractivity contribution in [3.05, 3.63) is 71.4 Å². The van der Waals surface area contributed by atoms with E-state index in [9.17, 15) is 8.78 Å². The summed E-state index contributed by atoms with van der Waals surface area (Å²) >= 11 is 0. The van der Waals surface area contributed by atoms with Crippen LogP contribution in [0.2, 0.25) is 0 Å². The van der Waals surface area contributed by atoms with Crippen LogP contribution in [0.1, 0.15) is 36.5 Å². The minimum absolute atomic E-state index is 0.102. The smallest absolute Gasteiger partial charge is 0.319 e. The summed E-state index contributed by atoms with van der Waals surface area (Å²) in [6.45, 7) is 3.43. The van der Waals surface area contributed by atoms with Crippen molar-refractivity contribution < 1.29 is 23.0 Å². The number of hydrogen-bond acceptors (Lipinski definition) is 6. The average molecular weight is 484 g/mol. The molecule has 2 aromatic carbocycles. The van der Waals surface area contributed by atoms with Crippen molar-refractivity contribution in [1.82, 2.24) is 15.3 Å². The number of halogens is 2. The fourth-order valence-corrected chi connectivity index (χ4v) is 4.56. The van der Waals surface area contributed by atoms with Gasteiger partial charge >= 0.3 is 6.01 Å². The maximum atomic E-state index is 14.4. The number of nitrogens with zero attached hydrogens (tertiary/aromatic N) is 2. The normalized spacial score (nSPS) is 15.6. The van der Waals surface area contributed by atoms with Crippen molar-refractivity contribution in [2.45, 2.75) is 37.7 Å². The molecule has 0 spiro atoms. The van der Waals surface area contributed by atoms with Crippen molar-refractivity contribution >= 4 is 0 Å². The first kappa shape index (κ1) is 25.0. The Morgan fingerprint density at radius 2 is 1.77 bits per heavy atom. The first-order chi connectivity index (χ1) is 16.8. The SMILES string of the molecule is COc1ncc(-c2cc(COCC3(c4ccccc4)CCNCC3)cc(C(C)(F)F)c2)c(OC)n1. The molecule has 1 saturated heterocycles. The number of benzene rings is 2. The molecule has 6 nitrogen and oxygen atoms in total. The third-order valence-electron chi connectivity index (χ3n) is 6.51. The number of nitrogens with one attached hydrogen (secondary N) is 1. The average Bonchev–Trinajstić information content (AvgIpc) is 2.88. The Hall–Kier alpha value is -3.10. The lowest BCUT2D eigenvalue weighted by Gasteiger charge is -2.38. The highest BCUT2D eigenvalue weighted by Gasteiger charge is 2.34. The number of alkyl halides is 2. The molecule has 1 aliphatic heterocycles. The topological polar surface area (TPSA) is 65.5 Å². The van der Waals surface area contributed by atoms with Crippen molar-refractivity contribution in [1.29, 1.82) is 0 Å². The Morgan fingerprint density at radius 3 is 2.43 bits per heavy atom. The molecular formula is C27H31F2N3O3. The standard InChI is InChI=1S/C27H31F2N3O3/c1-26(28,29)22-14-19(13-20(15-22)23-16-31-25(34-3)32-24(23)33-2)17-35-18-27(9-11-30-12-10-27)21-7-5-4-6-8-21/h4-8,13-16,30H,9-12,17-18H2,1-3H3. The van der Waals surface area contributed by atoms with Gasteiger partial charge in [-0.15, -0.1) is 0 Å². The second-order valence-electron chi connectivity index (χ2n) is 8.98. The Kier molecular flexibility index (Phi) is 7.62. The van der Waals surface area contributed by atoms with Crippen LogP contribution in [0.25, 0.3) is 11.1 Å². The van der Waals surface area contributed by atoms with Gasteiger partial charge in [0.2, 0.25) is 5.88 Å². The summed E-state index contributed by atoms with van der Waals surface area (Å²) in [5, 5.41) is 3.41. The first-order valence-corrected chi connectivity index (χ1v) is 11.7. The van der Waals surface area contributed by atoms with E-state index in [0.717, 1.165) is 32.9 Å². The Morgan fingerprint density at radius 1 is 1.03 bits per heavy atom. The predicted octanol–water partition coefficient (Wildman–Crippen LogP) is 5.11. The highest BCUT2D eigenvalue weighted by Crippen LogP contribution is 2.37. The minimum Gasteiger partial charge on any atom is -0.480 e. The molecule has 0 aliphatic carbocycles. The van der Waals surface area contributed by atoms with Crippen LogP contribution in [0.5, 0.6) is 11.9 Å². The van der Waals surface area contributed by atoms with Gasteiger partial charge in [0.1, 0.15) is 0 Å². The van der Waals surface area contributed by atoms with Crippen molar-refractivity contribution in [2.24, 2.45) is 0 Å². The summed E-state index contributed by atoms with van der Waals surface area (Å²) in [5.41, 5.74) is 2.71. The second kappa shape index (κ2) is 10.7. The van der Waals surface area contributed by atoms with Crippen molar-refractivity contribution in [3.63, 3.8) is 0 Å². The van der Waals surface area contributed by atoms with Crippen LogP contribution in [0.4, 0.5) is 8.78 Å². The van der Waals surface area contributed by atoms with Gasteiger partial charge in [0, 0.05) is 24.1 Å². The maximum absolute atomic E-state index is 14.4. The molecule has 0 saturated carbocycles. The molecule has 0 bridgehead atoms. The lowest BCUT2D eigenvalue weighted by molar-refractivity contribution is 0.0170. The number of piperidine rings is 1. The van der Waals surface area contributed by atoms with Crippen LogP contribution in [-0.4, -0.2) is 43.9 Å². The van der Waals surface area contributed by atoms with Crippen LogP contribution in [0.15, 0.2) is 54.7 Å². The summed E-state index contributed by atoms with van der Waals surface area (Å²) in [7, 11) is 2.92. The molecule has 4 rings (SSSR count). The zero-order valence-corrected chi connectivity index (χ0v) is 20.3. The van der Waals surface area contributed by atoms with Crippen LogP contribution in [-0.2, 0) is 22.7 Å². The van der Waals surface area contributed by atoms with Gasteiger partial charge in [0.05, 0.1) is 33.0 Å². The van der Waals surface area contributed by atoms with E-state index in [1.54, 1.807) is 0 Å². The third kappa shape index (κ3) is 5.77. The Bertz CT molecular complexity index is 1130. The summed E-state index contributed by atoms with van der Waals surface area (Å²) in [4.78, 5) is 8.33. The summed E-state index contributed by atoms with van der Waals surface area (Å²) < 4.78 is 45.4. The van der Waals surface area contributed by atoms with Crippen molar-refractivity contribution in [2.75, 3.05) is 33.9 Å². The van der Waals surface area contributed by atoms with E-state index in [1.807, 2.05) is 24.3 Å². The molecule has 8 heteroatoms. The second-order valence-corrected chi connectivity index (χ2v) is 8.98. The lowest BCUT2D eigenvalue weighted by Crippen LogP contribution is -2.43. The van der Waals surface area contributed by atoms with Gasteiger partial charge in [-0.25, -0.2) is 13.8 Å². The Balaban J connectivity index is 1.61. The van der Waals surface area contributed by atoms with E-state index in [1.165, 1.54) is 38.1 Å². The van der Waals surface area contributed by atoms with Crippen LogP contribution >= 0.6 is 0 Å². The zero-order chi connectivity index (χ0) is 24.9. The van der Waals surface area contributed by atoms with E-state index in [-0.39, 0.29) is 29.5 Å². The van der Waals surface area contributed by atoms with Crippen LogP contribution < -0.4 is 14.8 Å². The molecule has 0 unspecified atom stereocenters. The van der Waals surface area contributed by atoms with Crippen molar-refractivity contribution in [3.8, 4) is 23.0 Å². The minimum atomic E-state index is -3.02. The van der Waals surface area contributed by atoms with Gasteiger partial charge in [-0.1, -0.05) is 30.3 Å². The lowest BCUT2D eigenvalue weighted by atomic mass is 9.74. The van der Waals surface area contributed by atoms with Gasteiger partial charge in [0.25, 0.3) is 5.92 Å². The predicted molar refractivity (Wildman–Crippen MR) is 130 cm³/mol. The van der Waals surface area contributed by atoms with Crippen LogP contribution in [0.3, 0.4) is 0 Å². The highest BCUT2D eigenvalue weighted by atomic mass is 19.3. The number of methoxy groups -OCH3 is 2. The molecular weight excluding hydrogens is 452 g/mol. The van der Waals surface area contributed by atoms with Crippen LogP contribution in [0, 0.1) is 0 Å². The van der Waals surface area contributed by atoms with E-state index in [2.05, 4.69) is 27.4 Å². The summed E-state index contributed by atoms with van der Waals surface area (Å²) in [6, 6.07) is 15.3. The molecule has 3 aromatic rings. The molecule has 0 atom stereocenters. The fraction of sp³-hybridized carbons (Fsp3) is 0.407. The molecule has 2 heterocycles. The number of ether oxygens (including phenoxy) is 3. The van der Waals surface area contributed by atoms with Gasteiger partial charge in [0.15, 0.2) is 0 Å². The monoisotopic (exact) mass is 483 g/mol. The molecule has 1 fully saturated rings. The molecule has 0 radical (unpaired) electrons. The quantitative estimate of drug-likeness (QED) is 0.456. The van der Waals surface area contributed by atoms with E-state index in [4.69, 9.17) is 14.2 Å². The molecule has 1 aliphatic rings. The third-order valence-corrected chi connectivity index (χ3v) is 6.51. The Labute approximate surface area is 204 Å². The molecule has 186 valence electrons. The number of aromatic nitrogens is 2. The largest absolute Gasteiger partial charge is 0.480 e. The van der Waals surface area contributed by atoms with E-state index in [0.29, 0.717) is 23.3 Å². The number of rotatable bonds is 9. The molecule has 1 N–H and O–H groups in total. The molecule has 1 aromatic heterocycles. The first-order valence-electron chi connectivity index (χ1n) is 11.7. The summed E-state index contributed by atoms with van der Waals surface area (Å²) in [6.07, 6.45) is 3.42. The zero-order valence-electron chi connectivity index (χ0n) is 20.3. The number of hydrogen-bond donors (Lipinski definition) is 1.